The molecule has 0 saturated carbocycles. The molecule has 0 bridgehead atoms. The van der Waals surface area contributed by atoms with Crippen LogP contribution in [0.15, 0.2) is 60.9 Å². The SMILES string of the molecule is CCOC(=O)CNC(Cc1ccccc1)C(=O)Nc1cc(-c2ccncc2)nn1CC. The summed E-state index contributed by atoms with van der Waals surface area (Å²) in [7, 11) is 0. The molecule has 0 radical (unpaired) electrons. The molecule has 0 saturated heterocycles. The smallest absolute Gasteiger partial charge is 0.319 e. The molecule has 0 spiro atoms. The van der Waals surface area contributed by atoms with Gasteiger partial charge in [0.15, 0.2) is 0 Å². The Morgan fingerprint density at radius 2 is 1.84 bits per heavy atom. The topological polar surface area (TPSA) is 98.1 Å². The van der Waals surface area contributed by atoms with Crippen LogP contribution in [0, 0.1) is 0 Å². The van der Waals surface area contributed by atoms with Gasteiger partial charge in [-0.2, -0.15) is 5.10 Å². The maximum absolute atomic E-state index is 13.1. The highest BCUT2D eigenvalue weighted by Gasteiger charge is 2.22. The third-order valence-corrected chi connectivity index (χ3v) is 4.70. The fourth-order valence-electron chi connectivity index (χ4n) is 3.16. The van der Waals surface area contributed by atoms with Crippen LogP contribution in [0.3, 0.4) is 0 Å². The van der Waals surface area contributed by atoms with Gasteiger partial charge < -0.3 is 10.1 Å². The average Bonchev–Trinajstić information content (AvgIpc) is 3.21. The number of hydrogen-bond donors (Lipinski definition) is 2. The second-order valence-corrected chi connectivity index (χ2v) is 6.88. The molecule has 3 aromatic rings. The number of nitrogens with one attached hydrogen (secondary N) is 2. The molecule has 0 aliphatic rings. The number of nitrogens with zero attached hydrogens (tertiary/aromatic N) is 3. The van der Waals surface area contributed by atoms with Gasteiger partial charge in [-0.15, -0.1) is 0 Å². The van der Waals surface area contributed by atoms with Crippen LogP contribution in [0.4, 0.5) is 5.82 Å². The standard InChI is InChI=1S/C23H27N5O3/c1-3-28-21(15-19(27-28)18-10-12-24-13-11-18)26-23(30)20(25-16-22(29)31-4-2)14-17-8-6-5-7-9-17/h5-13,15,20,25H,3-4,14,16H2,1-2H3,(H,26,30). The zero-order valence-corrected chi connectivity index (χ0v) is 17.7. The zero-order chi connectivity index (χ0) is 22.1. The Labute approximate surface area is 181 Å². The molecular weight excluding hydrogens is 394 g/mol. The van der Waals surface area contributed by atoms with Crippen molar-refractivity contribution in [3.05, 3.63) is 66.5 Å². The number of aromatic nitrogens is 3. The highest BCUT2D eigenvalue weighted by molar-refractivity contribution is 5.95. The first-order valence-electron chi connectivity index (χ1n) is 10.3. The van der Waals surface area contributed by atoms with Crippen LogP contribution in [0.2, 0.25) is 0 Å². The molecule has 8 heteroatoms. The van der Waals surface area contributed by atoms with Crippen molar-refractivity contribution in [1.82, 2.24) is 20.1 Å². The minimum absolute atomic E-state index is 0.0476. The van der Waals surface area contributed by atoms with Crippen molar-refractivity contribution in [2.24, 2.45) is 0 Å². The normalized spacial score (nSPS) is 11.7. The zero-order valence-electron chi connectivity index (χ0n) is 17.7. The number of anilines is 1. The van der Waals surface area contributed by atoms with Crippen molar-refractivity contribution >= 4 is 17.7 Å². The number of carbonyl (C=O) groups excluding carboxylic acids is 2. The predicted molar refractivity (Wildman–Crippen MR) is 118 cm³/mol. The van der Waals surface area contributed by atoms with Crippen LogP contribution < -0.4 is 10.6 Å². The third-order valence-electron chi connectivity index (χ3n) is 4.70. The van der Waals surface area contributed by atoms with E-state index < -0.39 is 12.0 Å². The van der Waals surface area contributed by atoms with Gasteiger partial charge in [-0.05, 0) is 38.0 Å². The van der Waals surface area contributed by atoms with Gasteiger partial charge in [0.1, 0.15) is 5.82 Å². The fourth-order valence-corrected chi connectivity index (χ4v) is 3.16. The maximum atomic E-state index is 13.1. The lowest BCUT2D eigenvalue weighted by Gasteiger charge is -2.18. The molecule has 8 nitrogen and oxygen atoms in total. The Hall–Kier alpha value is -3.52. The number of benzene rings is 1. The first-order chi connectivity index (χ1) is 15.1. The number of rotatable bonds is 10. The lowest BCUT2D eigenvalue weighted by atomic mass is 10.1. The van der Waals surface area contributed by atoms with Gasteiger partial charge in [-0.25, -0.2) is 4.68 Å². The van der Waals surface area contributed by atoms with E-state index in [9.17, 15) is 9.59 Å². The number of esters is 1. The van der Waals surface area contributed by atoms with Gasteiger partial charge in [0.2, 0.25) is 5.91 Å². The highest BCUT2D eigenvalue weighted by atomic mass is 16.5. The van der Waals surface area contributed by atoms with Gasteiger partial charge in [0.25, 0.3) is 0 Å². The molecular formula is C23H27N5O3. The molecule has 0 fully saturated rings. The highest BCUT2D eigenvalue weighted by Crippen LogP contribution is 2.21. The van der Waals surface area contributed by atoms with Crippen LogP contribution >= 0.6 is 0 Å². The summed E-state index contributed by atoms with van der Waals surface area (Å²) >= 11 is 0. The molecule has 2 aromatic heterocycles. The number of aryl methyl sites for hydroxylation is 1. The molecule has 1 amide bonds. The fraction of sp³-hybridized carbons (Fsp3) is 0.304. The van der Waals surface area contributed by atoms with Crippen molar-refractivity contribution in [2.75, 3.05) is 18.5 Å². The van der Waals surface area contributed by atoms with E-state index in [-0.39, 0.29) is 12.5 Å². The molecule has 2 heterocycles. The van der Waals surface area contributed by atoms with Gasteiger partial charge in [0, 0.05) is 30.6 Å². The van der Waals surface area contributed by atoms with Crippen LogP contribution in [-0.4, -0.2) is 45.8 Å². The lowest BCUT2D eigenvalue weighted by Crippen LogP contribution is -2.45. The van der Waals surface area contributed by atoms with Gasteiger partial charge in [-0.3, -0.25) is 19.9 Å². The Morgan fingerprint density at radius 1 is 1.10 bits per heavy atom. The Kier molecular flexibility index (Phi) is 7.89. The van der Waals surface area contributed by atoms with E-state index >= 15 is 0 Å². The summed E-state index contributed by atoms with van der Waals surface area (Å²) in [5.74, 6) is -0.0497. The second kappa shape index (κ2) is 11.0. The van der Waals surface area contributed by atoms with Crippen molar-refractivity contribution in [3.8, 4) is 11.3 Å². The van der Waals surface area contributed by atoms with E-state index in [4.69, 9.17) is 4.74 Å². The number of ether oxygens (including phenoxy) is 1. The molecule has 0 aliphatic heterocycles. The van der Waals surface area contributed by atoms with E-state index in [0.29, 0.717) is 25.4 Å². The van der Waals surface area contributed by atoms with Crippen LogP contribution in [0.5, 0.6) is 0 Å². The first-order valence-corrected chi connectivity index (χ1v) is 10.3. The Bertz CT molecular complexity index is 989. The van der Waals surface area contributed by atoms with E-state index in [0.717, 1.165) is 16.8 Å². The summed E-state index contributed by atoms with van der Waals surface area (Å²) in [6.07, 6.45) is 3.84. The van der Waals surface area contributed by atoms with Crippen molar-refractivity contribution < 1.29 is 14.3 Å². The molecule has 0 aliphatic carbocycles. The summed E-state index contributed by atoms with van der Waals surface area (Å²) < 4.78 is 6.71. The quantitative estimate of drug-likeness (QED) is 0.489. The van der Waals surface area contributed by atoms with Gasteiger partial charge in [-0.1, -0.05) is 30.3 Å². The van der Waals surface area contributed by atoms with Crippen LogP contribution in [0.25, 0.3) is 11.3 Å². The molecule has 1 aromatic carbocycles. The molecule has 3 rings (SSSR count). The van der Waals surface area contributed by atoms with Crippen molar-refractivity contribution in [2.45, 2.75) is 32.9 Å². The molecule has 2 N–H and O–H groups in total. The van der Waals surface area contributed by atoms with Gasteiger partial charge >= 0.3 is 5.97 Å². The number of carbonyl (C=O) groups is 2. The van der Waals surface area contributed by atoms with Crippen LogP contribution in [0.1, 0.15) is 19.4 Å². The second-order valence-electron chi connectivity index (χ2n) is 6.88. The third kappa shape index (κ3) is 6.23. The molecule has 31 heavy (non-hydrogen) atoms. The minimum atomic E-state index is -0.614. The van der Waals surface area contributed by atoms with Crippen LogP contribution in [-0.2, 0) is 27.3 Å². The minimum Gasteiger partial charge on any atom is -0.465 e. The average molecular weight is 422 g/mol. The molecule has 162 valence electrons. The molecule has 1 atom stereocenters. The van der Waals surface area contributed by atoms with E-state index in [1.54, 1.807) is 24.0 Å². The number of amides is 1. The molecule has 1 unspecified atom stereocenters. The summed E-state index contributed by atoms with van der Waals surface area (Å²) in [5.41, 5.74) is 2.65. The van der Waals surface area contributed by atoms with Crippen molar-refractivity contribution in [3.63, 3.8) is 0 Å². The van der Waals surface area contributed by atoms with Gasteiger partial charge in [0.05, 0.1) is 24.9 Å². The number of hydrogen-bond acceptors (Lipinski definition) is 6. The monoisotopic (exact) mass is 421 g/mol. The lowest BCUT2D eigenvalue weighted by molar-refractivity contribution is -0.142. The summed E-state index contributed by atoms with van der Waals surface area (Å²) in [6.45, 7) is 4.55. The van der Waals surface area contributed by atoms with E-state index in [2.05, 4.69) is 20.7 Å². The first kappa shape index (κ1) is 22.2. The summed E-state index contributed by atoms with van der Waals surface area (Å²) in [4.78, 5) is 29.0. The van der Waals surface area contributed by atoms with E-state index in [1.807, 2.05) is 55.5 Å². The largest absolute Gasteiger partial charge is 0.465 e. The van der Waals surface area contributed by atoms with Crippen molar-refractivity contribution in [1.29, 1.82) is 0 Å². The summed E-state index contributed by atoms with van der Waals surface area (Å²) in [5, 5.41) is 10.6. The number of pyridine rings is 1. The van der Waals surface area contributed by atoms with E-state index in [1.165, 1.54) is 0 Å². The predicted octanol–water partition coefficient (Wildman–Crippen LogP) is 2.67. The Morgan fingerprint density at radius 3 is 2.52 bits per heavy atom. The summed E-state index contributed by atoms with van der Waals surface area (Å²) in [6, 6.07) is 14.6. The Balaban J connectivity index is 1.77. The maximum Gasteiger partial charge on any atom is 0.319 e.